The summed E-state index contributed by atoms with van der Waals surface area (Å²) >= 11 is 0. The smallest absolute Gasteiger partial charge is 0.0697 e. The van der Waals surface area contributed by atoms with Gasteiger partial charge in [-0.1, -0.05) is 40.5 Å². The lowest BCUT2D eigenvalue weighted by atomic mass is 9.63. The first kappa shape index (κ1) is 15.8. The molecule has 0 aromatic heterocycles. The van der Waals surface area contributed by atoms with E-state index in [1.165, 1.54) is 57.8 Å². The second-order valence-corrected chi connectivity index (χ2v) is 9.71. The summed E-state index contributed by atoms with van der Waals surface area (Å²) in [7, 11) is 0. The fraction of sp³-hybridized carbons (Fsp3) is 1.00. The van der Waals surface area contributed by atoms with Gasteiger partial charge in [0.25, 0.3) is 0 Å². The summed E-state index contributed by atoms with van der Waals surface area (Å²) in [6.07, 6.45) is 11.8. The van der Waals surface area contributed by atoms with E-state index in [0.717, 1.165) is 6.61 Å². The minimum atomic E-state index is 0.246. The molecule has 2 aliphatic carbocycles. The predicted octanol–water partition coefficient (Wildman–Crippen LogP) is 4.67. The summed E-state index contributed by atoms with van der Waals surface area (Å²) in [5.41, 5.74) is 1.21. The summed E-state index contributed by atoms with van der Waals surface area (Å²) in [5, 5.41) is 4.04. The quantitative estimate of drug-likeness (QED) is 0.798. The Morgan fingerprint density at radius 2 is 1.48 bits per heavy atom. The highest BCUT2D eigenvalue weighted by Gasteiger charge is 2.42. The van der Waals surface area contributed by atoms with Gasteiger partial charge in [-0.25, -0.2) is 0 Å². The third-order valence-electron chi connectivity index (χ3n) is 6.03. The molecule has 1 aliphatic heterocycles. The van der Waals surface area contributed by atoms with Gasteiger partial charge in [-0.05, 0) is 55.8 Å². The first-order valence-electron chi connectivity index (χ1n) is 9.18. The Balaban J connectivity index is 1.60. The summed E-state index contributed by atoms with van der Waals surface area (Å²) in [5.74, 6) is 0. The Hall–Kier alpha value is -0.0800. The molecule has 1 atom stereocenters. The van der Waals surface area contributed by atoms with Crippen molar-refractivity contribution in [3.63, 3.8) is 0 Å². The van der Waals surface area contributed by atoms with E-state index in [1.54, 1.807) is 0 Å². The minimum Gasteiger partial charge on any atom is -0.375 e. The molecule has 1 heterocycles. The van der Waals surface area contributed by atoms with Crippen LogP contribution in [0.3, 0.4) is 0 Å². The molecule has 0 aromatic carbocycles. The van der Waals surface area contributed by atoms with Crippen LogP contribution < -0.4 is 5.32 Å². The van der Waals surface area contributed by atoms with Gasteiger partial charge in [0.1, 0.15) is 0 Å². The standard InChI is InChI=1S/C19H35NO/c1-17(2)11-16(12-18(3,4)14-17)20-15-7-10-21-19(13-15)8-5-6-9-19/h15-16,20H,5-14H2,1-4H3. The van der Waals surface area contributed by atoms with Crippen LogP contribution in [0.2, 0.25) is 0 Å². The number of ether oxygens (including phenoxy) is 1. The molecule has 1 unspecified atom stereocenters. The van der Waals surface area contributed by atoms with Gasteiger partial charge in [0, 0.05) is 18.7 Å². The lowest BCUT2D eigenvalue weighted by Crippen LogP contribution is -2.52. The van der Waals surface area contributed by atoms with Crippen molar-refractivity contribution in [1.29, 1.82) is 0 Å². The van der Waals surface area contributed by atoms with Crippen molar-refractivity contribution in [1.82, 2.24) is 5.32 Å². The summed E-state index contributed by atoms with van der Waals surface area (Å²) in [6, 6.07) is 1.39. The van der Waals surface area contributed by atoms with Crippen LogP contribution in [0.25, 0.3) is 0 Å². The highest BCUT2D eigenvalue weighted by Crippen LogP contribution is 2.46. The average molecular weight is 293 g/mol. The highest BCUT2D eigenvalue weighted by molar-refractivity contribution is 4.97. The van der Waals surface area contributed by atoms with Gasteiger partial charge in [-0.3, -0.25) is 0 Å². The Bertz CT molecular complexity index is 352. The summed E-state index contributed by atoms with van der Waals surface area (Å²) < 4.78 is 6.19. The molecule has 1 N–H and O–H groups in total. The normalized spacial score (nSPS) is 35.1. The van der Waals surface area contributed by atoms with Crippen molar-refractivity contribution >= 4 is 0 Å². The molecule has 0 amide bonds. The number of rotatable bonds is 2. The van der Waals surface area contributed by atoms with Gasteiger partial charge in [0.15, 0.2) is 0 Å². The topological polar surface area (TPSA) is 21.3 Å². The second-order valence-electron chi connectivity index (χ2n) is 9.71. The lowest BCUT2D eigenvalue weighted by Gasteiger charge is -2.47. The molecule has 3 rings (SSSR count). The molecule has 21 heavy (non-hydrogen) atoms. The molecule has 0 bridgehead atoms. The molecule has 0 aromatic rings. The minimum absolute atomic E-state index is 0.246. The second kappa shape index (κ2) is 5.53. The van der Waals surface area contributed by atoms with Gasteiger partial charge in [-0.15, -0.1) is 0 Å². The fourth-order valence-electron chi connectivity index (χ4n) is 5.84. The van der Waals surface area contributed by atoms with Gasteiger partial charge in [-0.2, -0.15) is 0 Å². The number of hydrogen-bond donors (Lipinski definition) is 1. The van der Waals surface area contributed by atoms with E-state index >= 15 is 0 Å². The van der Waals surface area contributed by atoms with Crippen molar-refractivity contribution in [3.05, 3.63) is 0 Å². The fourth-order valence-corrected chi connectivity index (χ4v) is 5.84. The molecule has 0 radical (unpaired) electrons. The Kier molecular flexibility index (Phi) is 4.16. The van der Waals surface area contributed by atoms with Crippen molar-refractivity contribution in [3.8, 4) is 0 Å². The first-order chi connectivity index (χ1) is 9.78. The van der Waals surface area contributed by atoms with Crippen LogP contribution in [0.4, 0.5) is 0 Å². The van der Waals surface area contributed by atoms with Crippen molar-refractivity contribution in [2.75, 3.05) is 6.61 Å². The largest absolute Gasteiger partial charge is 0.375 e. The zero-order valence-corrected chi connectivity index (χ0v) is 14.6. The zero-order chi connectivity index (χ0) is 15.1. The van der Waals surface area contributed by atoms with Crippen molar-refractivity contribution in [2.24, 2.45) is 10.8 Å². The van der Waals surface area contributed by atoms with Crippen LogP contribution in [-0.2, 0) is 4.74 Å². The van der Waals surface area contributed by atoms with Crippen LogP contribution in [-0.4, -0.2) is 24.3 Å². The van der Waals surface area contributed by atoms with Crippen molar-refractivity contribution < 1.29 is 4.74 Å². The van der Waals surface area contributed by atoms with E-state index in [9.17, 15) is 0 Å². The Labute approximate surface area is 131 Å². The van der Waals surface area contributed by atoms with Crippen LogP contribution in [0.5, 0.6) is 0 Å². The Morgan fingerprint density at radius 3 is 2.10 bits per heavy atom. The monoisotopic (exact) mass is 293 g/mol. The van der Waals surface area contributed by atoms with E-state index in [4.69, 9.17) is 4.74 Å². The molecule has 122 valence electrons. The zero-order valence-electron chi connectivity index (χ0n) is 14.6. The van der Waals surface area contributed by atoms with E-state index in [0.29, 0.717) is 22.9 Å². The third-order valence-corrected chi connectivity index (χ3v) is 6.03. The molecule has 2 saturated carbocycles. The number of nitrogens with one attached hydrogen (secondary N) is 1. The SMILES string of the molecule is CC1(C)CC(NC2CCOC3(CCCC3)C2)CC(C)(C)C1. The van der Waals surface area contributed by atoms with Crippen molar-refractivity contribution in [2.45, 2.75) is 103 Å². The maximum atomic E-state index is 6.19. The van der Waals surface area contributed by atoms with Crippen LogP contribution in [0.15, 0.2) is 0 Å². The molecule has 1 saturated heterocycles. The molecule has 3 aliphatic rings. The van der Waals surface area contributed by atoms with E-state index < -0.39 is 0 Å². The molecular weight excluding hydrogens is 258 g/mol. The van der Waals surface area contributed by atoms with Gasteiger partial charge < -0.3 is 10.1 Å². The van der Waals surface area contributed by atoms with Crippen LogP contribution in [0, 0.1) is 10.8 Å². The van der Waals surface area contributed by atoms with Gasteiger partial charge in [0.2, 0.25) is 0 Å². The van der Waals surface area contributed by atoms with E-state index in [-0.39, 0.29) is 5.60 Å². The molecular formula is C19H35NO. The highest BCUT2D eigenvalue weighted by atomic mass is 16.5. The maximum Gasteiger partial charge on any atom is 0.0697 e. The lowest BCUT2D eigenvalue weighted by molar-refractivity contribution is -0.0866. The van der Waals surface area contributed by atoms with Crippen LogP contribution in [0.1, 0.15) is 85.5 Å². The van der Waals surface area contributed by atoms with Gasteiger partial charge >= 0.3 is 0 Å². The van der Waals surface area contributed by atoms with E-state index in [2.05, 4.69) is 33.0 Å². The maximum absolute atomic E-state index is 6.19. The summed E-state index contributed by atoms with van der Waals surface area (Å²) in [6.45, 7) is 10.8. The first-order valence-corrected chi connectivity index (χ1v) is 9.18. The van der Waals surface area contributed by atoms with Crippen LogP contribution >= 0.6 is 0 Å². The Morgan fingerprint density at radius 1 is 0.857 bits per heavy atom. The molecule has 2 heteroatoms. The molecule has 1 spiro atoms. The molecule has 2 nitrogen and oxygen atoms in total. The summed E-state index contributed by atoms with van der Waals surface area (Å²) in [4.78, 5) is 0. The average Bonchev–Trinajstić information content (AvgIpc) is 2.72. The predicted molar refractivity (Wildman–Crippen MR) is 88.5 cm³/mol. The third kappa shape index (κ3) is 3.82. The van der Waals surface area contributed by atoms with Gasteiger partial charge in [0.05, 0.1) is 5.60 Å². The van der Waals surface area contributed by atoms with E-state index in [1.807, 2.05) is 0 Å². The number of hydrogen-bond acceptors (Lipinski definition) is 2. The molecule has 3 fully saturated rings.